The second-order valence-corrected chi connectivity index (χ2v) is 12.6. The Morgan fingerprint density at radius 2 is 1.86 bits per heavy atom. The lowest BCUT2D eigenvalue weighted by Gasteiger charge is -2.28. The van der Waals surface area contributed by atoms with Crippen molar-refractivity contribution < 1.29 is 32.6 Å². The fourth-order valence-electron chi connectivity index (χ4n) is 3.76. The molecule has 1 aliphatic heterocycles. The van der Waals surface area contributed by atoms with Gasteiger partial charge in [0.05, 0.1) is 24.2 Å². The highest BCUT2D eigenvalue weighted by atomic mass is 35.6. The van der Waals surface area contributed by atoms with Gasteiger partial charge in [-0.05, 0) is 38.8 Å². The molecule has 0 radical (unpaired) electrons. The number of amides is 2. The van der Waals surface area contributed by atoms with E-state index in [4.69, 9.17) is 55.9 Å². The molecule has 0 aliphatic carbocycles. The molecule has 0 unspecified atom stereocenters. The largest absolute Gasteiger partial charge is 0.445 e. The lowest BCUT2D eigenvalue weighted by molar-refractivity contribution is -0.123. The standard InChI is InChI=1S/C23H28Cl4F2N2O5/c1-21(2,3)36-20(34)31-12-22(29,11-30(4)19(33)35-13-23(25,26)27)10-16(31)17(32)9-8-14-6-5-7-15(24)18(14)28/h5-7,16H,8-13H2,1-4H3/t16-,22-/m0/s1. The Hall–Kier alpha value is -1.55. The first-order chi connectivity index (χ1) is 16.4. The van der Waals surface area contributed by atoms with Crippen LogP contribution in [-0.4, -0.2) is 75.6 Å². The van der Waals surface area contributed by atoms with Gasteiger partial charge in [-0.15, -0.1) is 0 Å². The van der Waals surface area contributed by atoms with Crippen LogP contribution < -0.4 is 0 Å². The summed E-state index contributed by atoms with van der Waals surface area (Å²) in [5, 5.41) is -0.0800. The molecule has 2 atom stereocenters. The number of carbonyl (C=O) groups is 3. The van der Waals surface area contributed by atoms with E-state index in [2.05, 4.69) is 0 Å². The van der Waals surface area contributed by atoms with E-state index in [1.54, 1.807) is 26.8 Å². The average Bonchev–Trinajstić information content (AvgIpc) is 3.08. The molecular weight excluding hydrogens is 564 g/mol. The van der Waals surface area contributed by atoms with Gasteiger partial charge in [-0.25, -0.2) is 18.4 Å². The zero-order chi connectivity index (χ0) is 27.5. The summed E-state index contributed by atoms with van der Waals surface area (Å²) in [7, 11) is 1.27. The van der Waals surface area contributed by atoms with E-state index in [9.17, 15) is 18.8 Å². The van der Waals surface area contributed by atoms with Crippen LogP contribution >= 0.6 is 46.4 Å². The van der Waals surface area contributed by atoms with Gasteiger partial charge < -0.3 is 14.4 Å². The van der Waals surface area contributed by atoms with Crippen molar-refractivity contribution in [2.45, 2.75) is 61.1 Å². The molecule has 1 saturated heterocycles. The number of nitrogens with zero attached hydrogens (tertiary/aromatic N) is 2. The topological polar surface area (TPSA) is 76.2 Å². The normalized spacial score (nSPS) is 20.3. The number of likely N-dealkylation sites (tertiary alicyclic amines) is 1. The molecule has 13 heteroatoms. The number of aryl methyl sites for hydroxylation is 1. The molecule has 202 valence electrons. The van der Waals surface area contributed by atoms with Crippen LogP contribution in [0.1, 0.15) is 39.2 Å². The maximum absolute atomic E-state index is 15.9. The maximum atomic E-state index is 15.9. The SMILES string of the molecule is CN(C[C@@]1(F)C[C@@H](C(=O)CCc2cccc(Cl)c2F)N(C(=O)OC(C)(C)C)C1)C(=O)OCC(Cl)(Cl)Cl. The van der Waals surface area contributed by atoms with Gasteiger partial charge >= 0.3 is 12.2 Å². The van der Waals surface area contributed by atoms with Crippen LogP contribution in [0.3, 0.4) is 0 Å². The number of Topliss-reactive ketones (excluding diaryl/α,β-unsaturated/α-hetero) is 1. The summed E-state index contributed by atoms with van der Waals surface area (Å²) in [4.78, 5) is 40.1. The van der Waals surface area contributed by atoms with Crippen molar-refractivity contribution in [3.8, 4) is 0 Å². The Kier molecular flexibility index (Phi) is 10.1. The van der Waals surface area contributed by atoms with Crippen LogP contribution in [0.4, 0.5) is 18.4 Å². The molecule has 2 rings (SSSR count). The summed E-state index contributed by atoms with van der Waals surface area (Å²) in [6.07, 6.45) is -2.39. The molecule has 7 nitrogen and oxygen atoms in total. The van der Waals surface area contributed by atoms with Gasteiger partial charge in [0.15, 0.2) is 5.78 Å². The Bertz CT molecular complexity index is 986. The molecule has 1 fully saturated rings. The van der Waals surface area contributed by atoms with Gasteiger partial charge in [-0.2, -0.15) is 0 Å². The van der Waals surface area contributed by atoms with Gasteiger partial charge in [0, 0.05) is 19.9 Å². The lowest BCUT2D eigenvalue weighted by Crippen LogP contribution is -2.45. The van der Waals surface area contributed by atoms with Gasteiger partial charge in [0.2, 0.25) is 3.79 Å². The molecular formula is C23H28Cl4F2N2O5. The molecule has 0 saturated carbocycles. The maximum Gasteiger partial charge on any atom is 0.411 e. The van der Waals surface area contributed by atoms with Crippen molar-refractivity contribution in [1.82, 2.24) is 9.80 Å². The van der Waals surface area contributed by atoms with Crippen LogP contribution in [0.5, 0.6) is 0 Å². The monoisotopic (exact) mass is 590 g/mol. The summed E-state index contributed by atoms with van der Waals surface area (Å²) in [5.41, 5.74) is -2.83. The third-order valence-electron chi connectivity index (χ3n) is 5.25. The molecule has 1 aliphatic rings. The molecule has 36 heavy (non-hydrogen) atoms. The van der Waals surface area contributed by atoms with Crippen LogP contribution in [0.2, 0.25) is 5.02 Å². The first-order valence-electron chi connectivity index (χ1n) is 11.0. The quantitative estimate of drug-likeness (QED) is 0.356. The third kappa shape index (κ3) is 9.08. The van der Waals surface area contributed by atoms with Crippen LogP contribution in [0.25, 0.3) is 0 Å². The minimum absolute atomic E-state index is 0.00638. The zero-order valence-electron chi connectivity index (χ0n) is 20.3. The number of halogens is 6. The number of ketones is 1. The Labute approximate surface area is 228 Å². The molecule has 0 bridgehead atoms. The van der Waals surface area contributed by atoms with E-state index in [0.29, 0.717) is 0 Å². The number of carbonyl (C=O) groups excluding carboxylic acids is 3. The summed E-state index contributed by atoms with van der Waals surface area (Å²) in [5.74, 6) is -1.13. The van der Waals surface area contributed by atoms with Gasteiger partial charge in [0.1, 0.15) is 23.7 Å². The minimum atomic E-state index is -2.16. The van der Waals surface area contributed by atoms with Crippen molar-refractivity contribution in [3.05, 3.63) is 34.6 Å². The minimum Gasteiger partial charge on any atom is -0.445 e. The smallest absolute Gasteiger partial charge is 0.411 e. The van der Waals surface area contributed by atoms with Crippen molar-refractivity contribution in [3.63, 3.8) is 0 Å². The van der Waals surface area contributed by atoms with Crippen LogP contribution in [0.15, 0.2) is 18.2 Å². The molecule has 2 amide bonds. The van der Waals surface area contributed by atoms with Crippen molar-refractivity contribution >= 4 is 64.4 Å². The fraction of sp³-hybridized carbons (Fsp3) is 0.609. The predicted molar refractivity (Wildman–Crippen MR) is 134 cm³/mol. The second-order valence-electron chi connectivity index (χ2n) is 9.68. The first kappa shape index (κ1) is 30.7. The molecule has 1 aromatic carbocycles. The summed E-state index contributed by atoms with van der Waals surface area (Å²) in [6, 6.07) is 3.25. The number of alkyl halides is 4. The van der Waals surface area contributed by atoms with Gasteiger partial charge in [-0.1, -0.05) is 58.5 Å². The van der Waals surface area contributed by atoms with E-state index >= 15 is 4.39 Å². The first-order valence-corrected chi connectivity index (χ1v) is 12.5. The number of rotatable bonds is 7. The van der Waals surface area contributed by atoms with Gasteiger partial charge in [-0.3, -0.25) is 9.69 Å². The Morgan fingerprint density at radius 1 is 1.22 bits per heavy atom. The Balaban J connectivity index is 2.17. The second kappa shape index (κ2) is 11.9. The van der Waals surface area contributed by atoms with E-state index in [-0.39, 0.29) is 23.4 Å². The zero-order valence-corrected chi connectivity index (χ0v) is 23.3. The highest BCUT2D eigenvalue weighted by Crippen LogP contribution is 2.34. The number of benzene rings is 1. The number of ether oxygens (including phenoxy) is 2. The highest BCUT2D eigenvalue weighted by Gasteiger charge is 2.51. The Morgan fingerprint density at radius 3 is 2.44 bits per heavy atom. The number of hydrogen-bond donors (Lipinski definition) is 0. The van der Waals surface area contributed by atoms with E-state index in [1.807, 2.05) is 0 Å². The van der Waals surface area contributed by atoms with Crippen molar-refractivity contribution in [1.29, 1.82) is 0 Å². The summed E-state index contributed by atoms with van der Waals surface area (Å²) < 4.78 is 38.5. The van der Waals surface area contributed by atoms with Gasteiger partial charge in [0.25, 0.3) is 0 Å². The molecule has 1 heterocycles. The van der Waals surface area contributed by atoms with Crippen molar-refractivity contribution in [2.75, 3.05) is 26.7 Å². The van der Waals surface area contributed by atoms with E-state index in [0.717, 1.165) is 9.80 Å². The molecule has 0 N–H and O–H groups in total. The predicted octanol–water partition coefficient (Wildman–Crippen LogP) is 6.14. The van der Waals surface area contributed by atoms with Crippen molar-refractivity contribution in [2.24, 2.45) is 0 Å². The van der Waals surface area contributed by atoms with E-state index in [1.165, 1.54) is 19.2 Å². The van der Waals surface area contributed by atoms with Crippen LogP contribution in [-0.2, 0) is 20.7 Å². The number of hydrogen-bond acceptors (Lipinski definition) is 5. The molecule has 0 spiro atoms. The molecule has 0 aromatic heterocycles. The third-order valence-corrected chi connectivity index (χ3v) is 5.87. The molecule has 1 aromatic rings. The summed E-state index contributed by atoms with van der Waals surface area (Å²) in [6.45, 7) is 3.35. The van der Waals surface area contributed by atoms with Crippen LogP contribution in [0, 0.1) is 5.82 Å². The fourth-order valence-corrected chi connectivity index (χ4v) is 4.12. The lowest BCUT2D eigenvalue weighted by atomic mass is 9.96. The van der Waals surface area contributed by atoms with E-state index < -0.39 is 71.0 Å². The summed E-state index contributed by atoms with van der Waals surface area (Å²) >= 11 is 22.5. The highest BCUT2D eigenvalue weighted by molar-refractivity contribution is 6.67. The average molecular weight is 592 g/mol.